The van der Waals surface area contributed by atoms with Crippen molar-refractivity contribution in [1.29, 1.82) is 0 Å². The van der Waals surface area contributed by atoms with Crippen molar-refractivity contribution in [3.8, 4) is 0 Å². The Kier molecular flexibility index (Phi) is 4.14. The third-order valence-electron chi connectivity index (χ3n) is 3.51. The number of hydrogen-bond acceptors (Lipinski definition) is 2. The molecule has 1 aliphatic rings. The average Bonchev–Trinajstić information content (AvgIpc) is 2.15. The summed E-state index contributed by atoms with van der Waals surface area (Å²) in [5.74, 6) is -0.203. The zero-order valence-electron chi connectivity index (χ0n) is 9.70. The molecule has 0 unspecified atom stereocenters. The summed E-state index contributed by atoms with van der Waals surface area (Å²) < 4.78 is 0. The highest BCUT2D eigenvalue weighted by Crippen LogP contribution is 2.32. The Morgan fingerprint density at radius 3 is 2.60 bits per heavy atom. The van der Waals surface area contributed by atoms with Crippen molar-refractivity contribution in [2.75, 3.05) is 0 Å². The molecule has 1 saturated carbocycles. The molecule has 2 N–H and O–H groups in total. The minimum atomic E-state index is -0.723. The fraction of sp³-hybridized carbons (Fsp3) is 0.917. The van der Waals surface area contributed by atoms with E-state index in [9.17, 15) is 9.90 Å². The molecule has 0 radical (unpaired) electrons. The topological polar surface area (TPSA) is 57.5 Å². The van der Waals surface area contributed by atoms with Gasteiger partial charge in [-0.3, -0.25) is 4.79 Å². The van der Waals surface area contributed by atoms with Crippen molar-refractivity contribution in [2.45, 2.75) is 58.5 Å². The van der Waals surface area contributed by atoms with Gasteiger partial charge < -0.3 is 10.2 Å². The van der Waals surface area contributed by atoms with E-state index in [0.717, 1.165) is 32.1 Å². The summed E-state index contributed by atoms with van der Waals surface area (Å²) in [6, 6.07) is 0. The molecule has 3 nitrogen and oxygen atoms in total. The van der Waals surface area contributed by atoms with E-state index in [4.69, 9.17) is 5.11 Å². The molecular weight excluding hydrogens is 192 g/mol. The van der Waals surface area contributed by atoms with Gasteiger partial charge in [0.1, 0.15) is 0 Å². The first-order valence-corrected chi connectivity index (χ1v) is 5.83. The Morgan fingerprint density at radius 2 is 2.07 bits per heavy atom. The van der Waals surface area contributed by atoms with Crippen molar-refractivity contribution in [3.05, 3.63) is 0 Å². The number of rotatable bonds is 4. The lowest BCUT2D eigenvalue weighted by atomic mass is 9.79. The lowest BCUT2D eigenvalue weighted by Crippen LogP contribution is -2.26. The lowest BCUT2D eigenvalue weighted by molar-refractivity contribution is -0.147. The minimum absolute atomic E-state index is 0.156. The summed E-state index contributed by atoms with van der Waals surface area (Å²) in [7, 11) is 0. The van der Waals surface area contributed by atoms with E-state index in [1.807, 2.05) is 0 Å². The highest BCUT2D eigenvalue weighted by molar-refractivity contribution is 5.73. The van der Waals surface area contributed by atoms with Crippen LogP contribution in [0.15, 0.2) is 0 Å². The van der Waals surface area contributed by atoms with Crippen LogP contribution in [0.5, 0.6) is 0 Å². The van der Waals surface area contributed by atoms with Crippen LogP contribution >= 0.6 is 0 Å². The molecule has 0 bridgehead atoms. The fourth-order valence-electron chi connectivity index (χ4n) is 2.20. The van der Waals surface area contributed by atoms with E-state index in [1.165, 1.54) is 0 Å². The predicted octanol–water partition coefficient (Wildman–Crippen LogP) is 2.43. The van der Waals surface area contributed by atoms with Crippen LogP contribution in [0.2, 0.25) is 0 Å². The third-order valence-corrected chi connectivity index (χ3v) is 3.51. The first kappa shape index (κ1) is 12.5. The molecular formula is C12H22O3. The van der Waals surface area contributed by atoms with E-state index >= 15 is 0 Å². The summed E-state index contributed by atoms with van der Waals surface area (Å²) in [6.07, 6.45) is 5.48. The Morgan fingerprint density at radius 1 is 1.40 bits per heavy atom. The molecule has 2 atom stereocenters. The molecule has 15 heavy (non-hydrogen) atoms. The summed E-state index contributed by atoms with van der Waals surface area (Å²) in [6.45, 7) is 3.54. The van der Waals surface area contributed by atoms with Crippen molar-refractivity contribution >= 4 is 5.97 Å². The maximum Gasteiger partial charge on any atom is 0.309 e. The number of carboxylic acids is 1. The SMILES string of the molecule is CC(C)(CC[C@H]1CCC[C@@H](O)C1)C(=O)O. The normalized spacial score (nSPS) is 27.7. The molecule has 1 fully saturated rings. The first-order valence-electron chi connectivity index (χ1n) is 5.83. The summed E-state index contributed by atoms with van der Waals surface area (Å²) in [5.41, 5.74) is -0.623. The van der Waals surface area contributed by atoms with Crippen LogP contribution in [0.25, 0.3) is 0 Å². The molecule has 88 valence electrons. The molecule has 1 aliphatic carbocycles. The molecule has 0 amide bonds. The second-order valence-electron chi connectivity index (χ2n) is 5.41. The van der Waals surface area contributed by atoms with Crippen LogP contribution < -0.4 is 0 Å². The Labute approximate surface area is 91.5 Å². The van der Waals surface area contributed by atoms with Crippen molar-refractivity contribution in [2.24, 2.45) is 11.3 Å². The number of aliphatic carboxylic acids is 1. The van der Waals surface area contributed by atoms with Crippen molar-refractivity contribution < 1.29 is 15.0 Å². The number of carboxylic acid groups (broad SMARTS) is 1. The van der Waals surface area contributed by atoms with E-state index in [-0.39, 0.29) is 6.10 Å². The van der Waals surface area contributed by atoms with E-state index in [2.05, 4.69) is 0 Å². The van der Waals surface area contributed by atoms with Gasteiger partial charge in [0.25, 0.3) is 0 Å². The number of aliphatic hydroxyl groups is 1. The van der Waals surface area contributed by atoms with Crippen LogP contribution in [-0.2, 0) is 4.79 Å². The highest BCUT2D eigenvalue weighted by atomic mass is 16.4. The number of carbonyl (C=O) groups is 1. The summed E-state index contributed by atoms with van der Waals surface area (Å²) in [4.78, 5) is 10.9. The van der Waals surface area contributed by atoms with Crippen molar-refractivity contribution in [3.63, 3.8) is 0 Å². The van der Waals surface area contributed by atoms with Crippen LogP contribution in [0, 0.1) is 11.3 Å². The maximum absolute atomic E-state index is 10.9. The first-order chi connectivity index (χ1) is 6.92. The van der Waals surface area contributed by atoms with Gasteiger partial charge in [-0.05, 0) is 45.4 Å². The predicted molar refractivity (Wildman–Crippen MR) is 58.6 cm³/mol. The van der Waals surface area contributed by atoms with Gasteiger partial charge >= 0.3 is 5.97 Å². The van der Waals surface area contributed by atoms with Crippen LogP contribution in [0.4, 0.5) is 0 Å². The standard InChI is InChI=1S/C12H22O3/c1-12(2,11(14)15)7-6-9-4-3-5-10(13)8-9/h9-10,13H,3-8H2,1-2H3,(H,14,15)/t9-,10-/m1/s1. The minimum Gasteiger partial charge on any atom is -0.481 e. The Bertz CT molecular complexity index is 223. The molecule has 3 heteroatoms. The van der Waals surface area contributed by atoms with E-state index in [0.29, 0.717) is 12.3 Å². The molecule has 0 aromatic rings. The monoisotopic (exact) mass is 214 g/mol. The lowest BCUT2D eigenvalue weighted by Gasteiger charge is -2.28. The van der Waals surface area contributed by atoms with Gasteiger partial charge in [-0.1, -0.05) is 12.8 Å². The summed E-state index contributed by atoms with van der Waals surface area (Å²) in [5, 5.41) is 18.5. The second kappa shape index (κ2) is 4.97. The molecule has 0 aromatic carbocycles. The van der Waals surface area contributed by atoms with Gasteiger partial charge in [0.15, 0.2) is 0 Å². The Hall–Kier alpha value is -0.570. The van der Waals surface area contributed by atoms with Gasteiger partial charge in [-0.15, -0.1) is 0 Å². The zero-order chi connectivity index (χ0) is 11.5. The Balaban J connectivity index is 2.33. The van der Waals surface area contributed by atoms with Gasteiger partial charge in [-0.2, -0.15) is 0 Å². The summed E-state index contributed by atoms with van der Waals surface area (Å²) >= 11 is 0. The van der Waals surface area contributed by atoms with Crippen LogP contribution in [0.3, 0.4) is 0 Å². The maximum atomic E-state index is 10.9. The van der Waals surface area contributed by atoms with Crippen LogP contribution in [0.1, 0.15) is 52.4 Å². The van der Waals surface area contributed by atoms with Crippen LogP contribution in [-0.4, -0.2) is 22.3 Å². The average molecular weight is 214 g/mol. The highest BCUT2D eigenvalue weighted by Gasteiger charge is 2.29. The third kappa shape index (κ3) is 3.82. The smallest absolute Gasteiger partial charge is 0.309 e. The van der Waals surface area contributed by atoms with Gasteiger partial charge in [0.2, 0.25) is 0 Å². The molecule has 1 rings (SSSR count). The van der Waals surface area contributed by atoms with Crippen molar-refractivity contribution in [1.82, 2.24) is 0 Å². The van der Waals surface area contributed by atoms with Gasteiger partial charge in [0.05, 0.1) is 11.5 Å². The molecule has 0 aliphatic heterocycles. The van der Waals surface area contributed by atoms with Gasteiger partial charge in [0, 0.05) is 0 Å². The quantitative estimate of drug-likeness (QED) is 0.755. The largest absolute Gasteiger partial charge is 0.481 e. The second-order valence-corrected chi connectivity index (χ2v) is 5.41. The number of hydrogen-bond donors (Lipinski definition) is 2. The molecule has 0 heterocycles. The number of aliphatic hydroxyl groups excluding tert-OH is 1. The van der Waals surface area contributed by atoms with E-state index in [1.54, 1.807) is 13.8 Å². The van der Waals surface area contributed by atoms with E-state index < -0.39 is 11.4 Å². The molecule has 0 spiro atoms. The molecule has 0 saturated heterocycles. The van der Waals surface area contributed by atoms with Gasteiger partial charge in [-0.25, -0.2) is 0 Å². The fourth-order valence-corrected chi connectivity index (χ4v) is 2.20. The molecule has 0 aromatic heterocycles. The zero-order valence-corrected chi connectivity index (χ0v) is 9.70.